The first-order valence-corrected chi connectivity index (χ1v) is 5.41. The van der Waals surface area contributed by atoms with Crippen LogP contribution in [0.3, 0.4) is 0 Å². The average molecular weight is 194 g/mol. The van der Waals surface area contributed by atoms with Crippen molar-refractivity contribution in [1.82, 2.24) is 9.55 Å². The average Bonchev–Trinajstić information content (AvgIpc) is 2.70. The van der Waals surface area contributed by atoms with Crippen LogP contribution in [0.1, 0.15) is 50.9 Å². The van der Waals surface area contributed by atoms with E-state index in [2.05, 4.69) is 23.4 Å². The summed E-state index contributed by atoms with van der Waals surface area (Å²) in [6.45, 7) is 4.28. The van der Waals surface area contributed by atoms with Crippen LogP contribution in [0, 0.1) is 0 Å². The van der Waals surface area contributed by atoms with E-state index in [0.29, 0.717) is 5.92 Å². The van der Waals surface area contributed by atoms with E-state index in [1.807, 2.05) is 12.4 Å². The second-order valence-electron chi connectivity index (χ2n) is 4.41. The Morgan fingerprint density at radius 2 is 2.29 bits per heavy atom. The SMILES string of the molecule is CC(C)c1nccn1C1CCCC1O. The number of hydrogen-bond acceptors (Lipinski definition) is 2. The second-order valence-corrected chi connectivity index (χ2v) is 4.41. The highest BCUT2D eigenvalue weighted by Crippen LogP contribution is 2.32. The maximum Gasteiger partial charge on any atom is 0.111 e. The predicted molar refractivity (Wildman–Crippen MR) is 55.2 cm³/mol. The van der Waals surface area contributed by atoms with Crippen LogP contribution < -0.4 is 0 Å². The van der Waals surface area contributed by atoms with Gasteiger partial charge in [0, 0.05) is 18.3 Å². The molecule has 1 aliphatic carbocycles. The van der Waals surface area contributed by atoms with Crippen molar-refractivity contribution in [2.75, 3.05) is 0 Å². The maximum atomic E-state index is 9.82. The van der Waals surface area contributed by atoms with Crippen LogP contribution in [-0.2, 0) is 0 Å². The van der Waals surface area contributed by atoms with Gasteiger partial charge in [-0.2, -0.15) is 0 Å². The molecule has 0 saturated heterocycles. The highest BCUT2D eigenvalue weighted by Gasteiger charge is 2.28. The van der Waals surface area contributed by atoms with Crippen molar-refractivity contribution in [2.24, 2.45) is 0 Å². The zero-order chi connectivity index (χ0) is 10.1. The molecule has 0 bridgehead atoms. The van der Waals surface area contributed by atoms with Crippen molar-refractivity contribution >= 4 is 0 Å². The van der Waals surface area contributed by atoms with Crippen molar-refractivity contribution in [3.8, 4) is 0 Å². The molecular weight excluding hydrogens is 176 g/mol. The standard InChI is InChI=1S/C11H18N2O/c1-8(2)11-12-6-7-13(11)9-4-3-5-10(9)14/h6-10,14H,3-5H2,1-2H3. The van der Waals surface area contributed by atoms with Gasteiger partial charge in [0.2, 0.25) is 0 Å². The van der Waals surface area contributed by atoms with E-state index < -0.39 is 0 Å². The topological polar surface area (TPSA) is 38.0 Å². The molecule has 1 aliphatic rings. The van der Waals surface area contributed by atoms with Crippen molar-refractivity contribution < 1.29 is 5.11 Å². The minimum Gasteiger partial charge on any atom is -0.391 e. The van der Waals surface area contributed by atoms with Crippen LogP contribution in [0.15, 0.2) is 12.4 Å². The van der Waals surface area contributed by atoms with Gasteiger partial charge in [-0.05, 0) is 19.3 Å². The quantitative estimate of drug-likeness (QED) is 0.782. The van der Waals surface area contributed by atoms with Crippen LogP contribution in [0.25, 0.3) is 0 Å². The number of hydrogen-bond donors (Lipinski definition) is 1. The normalized spacial score (nSPS) is 27.4. The van der Waals surface area contributed by atoms with Crippen LogP contribution in [0.5, 0.6) is 0 Å². The van der Waals surface area contributed by atoms with E-state index in [1.165, 1.54) is 0 Å². The fourth-order valence-corrected chi connectivity index (χ4v) is 2.30. The smallest absolute Gasteiger partial charge is 0.111 e. The molecule has 1 fully saturated rings. The molecule has 3 heteroatoms. The van der Waals surface area contributed by atoms with Crippen molar-refractivity contribution in [3.05, 3.63) is 18.2 Å². The lowest BCUT2D eigenvalue weighted by molar-refractivity contribution is 0.134. The molecule has 1 heterocycles. The van der Waals surface area contributed by atoms with Crippen molar-refractivity contribution in [3.63, 3.8) is 0 Å². The van der Waals surface area contributed by atoms with E-state index in [-0.39, 0.29) is 12.1 Å². The molecule has 2 unspecified atom stereocenters. The Bertz CT molecular complexity index is 306. The molecule has 3 nitrogen and oxygen atoms in total. The van der Waals surface area contributed by atoms with E-state index in [4.69, 9.17) is 0 Å². The highest BCUT2D eigenvalue weighted by atomic mass is 16.3. The molecular formula is C11H18N2O. The molecule has 78 valence electrons. The largest absolute Gasteiger partial charge is 0.391 e. The number of aromatic nitrogens is 2. The Hall–Kier alpha value is -0.830. The third-order valence-corrected chi connectivity index (χ3v) is 3.02. The Balaban J connectivity index is 2.26. The molecule has 1 saturated carbocycles. The van der Waals surface area contributed by atoms with Gasteiger partial charge in [0.1, 0.15) is 5.82 Å². The Morgan fingerprint density at radius 3 is 2.86 bits per heavy atom. The third-order valence-electron chi connectivity index (χ3n) is 3.02. The summed E-state index contributed by atoms with van der Waals surface area (Å²) in [5, 5.41) is 9.82. The first-order chi connectivity index (χ1) is 6.70. The van der Waals surface area contributed by atoms with Gasteiger partial charge in [0.15, 0.2) is 0 Å². The van der Waals surface area contributed by atoms with Crippen molar-refractivity contribution in [1.29, 1.82) is 0 Å². The predicted octanol–water partition coefficient (Wildman–Crippen LogP) is 2.09. The molecule has 2 atom stereocenters. The lowest BCUT2D eigenvalue weighted by Crippen LogP contribution is -2.20. The van der Waals surface area contributed by atoms with E-state index in [9.17, 15) is 5.11 Å². The monoisotopic (exact) mass is 194 g/mol. The lowest BCUT2D eigenvalue weighted by atomic mass is 10.1. The van der Waals surface area contributed by atoms with E-state index in [0.717, 1.165) is 25.1 Å². The maximum absolute atomic E-state index is 9.82. The zero-order valence-electron chi connectivity index (χ0n) is 8.85. The van der Waals surface area contributed by atoms with Gasteiger partial charge in [-0.3, -0.25) is 0 Å². The van der Waals surface area contributed by atoms with Gasteiger partial charge in [-0.25, -0.2) is 4.98 Å². The van der Waals surface area contributed by atoms with Crippen LogP contribution in [-0.4, -0.2) is 20.8 Å². The summed E-state index contributed by atoms with van der Waals surface area (Å²) in [4.78, 5) is 4.35. The van der Waals surface area contributed by atoms with Gasteiger partial charge < -0.3 is 9.67 Å². The van der Waals surface area contributed by atoms with Crippen molar-refractivity contribution in [2.45, 2.75) is 51.2 Å². The summed E-state index contributed by atoms with van der Waals surface area (Å²) in [6, 6.07) is 0.259. The fourth-order valence-electron chi connectivity index (χ4n) is 2.30. The molecule has 0 aliphatic heterocycles. The first-order valence-electron chi connectivity index (χ1n) is 5.41. The lowest BCUT2D eigenvalue weighted by Gasteiger charge is -2.20. The fraction of sp³-hybridized carbons (Fsp3) is 0.727. The first kappa shape index (κ1) is 9.71. The molecule has 0 amide bonds. The molecule has 2 rings (SSSR count). The number of imidazole rings is 1. The molecule has 0 spiro atoms. The van der Waals surface area contributed by atoms with Gasteiger partial charge in [0.25, 0.3) is 0 Å². The highest BCUT2D eigenvalue weighted by molar-refractivity contribution is 5.02. The molecule has 1 aromatic heterocycles. The third kappa shape index (κ3) is 1.57. The summed E-state index contributed by atoms with van der Waals surface area (Å²) < 4.78 is 2.16. The Labute approximate surface area is 84.8 Å². The summed E-state index contributed by atoms with van der Waals surface area (Å²) in [5.41, 5.74) is 0. The Kier molecular flexibility index (Phi) is 2.59. The number of aliphatic hydroxyl groups excluding tert-OH is 1. The van der Waals surface area contributed by atoms with E-state index in [1.54, 1.807) is 0 Å². The number of aliphatic hydroxyl groups is 1. The van der Waals surface area contributed by atoms with Crippen LogP contribution in [0.4, 0.5) is 0 Å². The number of nitrogens with zero attached hydrogens (tertiary/aromatic N) is 2. The minimum atomic E-state index is -0.179. The van der Waals surface area contributed by atoms with Gasteiger partial charge in [-0.15, -0.1) is 0 Å². The Morgan fingerprint density at radius 1 is 1.50 bits per heavy atom. The summed E-state index contributed by atoms with van der Waals surface area (Å²) in [5.74, 6) is 1.52. The van der Waals surface area contributed by atoms with Gasteiger partial charge in [-0.1, -0.05) is 13.8 Å². The summed E-state index contributed by atoms with van der Waals surface area (Å²) >= 11 is 0. The van der Waals surface area contributed by atoms with Gasteiger partial charge >= 0.3 is 0 Å². The minimum absolute atomic E-state index is 0.179. The molecule has 14 heavy (non-hydrogen) atoms. The van der Waals surface area contributed by atoms with Gasteiger partial charge in [0.05, 0.1) is 12.1 Å². The molecule has 1 N–H and O–H groups in total. The molecule has 1 aromatic rings. The second kappa shape index (κ2) is 3.73. The summed E-state index contributed by atoms with van der Waals surface area (Å²) in [6.07, 6.45) is 6.79. The number of rotatable bonds is 2. The summed E-state index contributed by atoms with van der Waals surface area (Å²) in [7, 11) is 0. The van der Waals surface area contributed by atoms with Crippen LogP contribution in [0.2, 0.25) is 0 Å². The van der Waals surface area contributed by atoms with E-state index >= 15 is 0 Å². The zero-order valence-corrected chi connectivity index (χ0v) is 8.85. The molecule has 0 radical (unpaired) electrons. The van der Waals surface area contributed by atoms with Crippen LogP contribution >= 0.6 is 0 Å². The molecule has 0 aromatic carbocycles.